The van der Waals surface area contributed by atoms with Crippen molar-refractivity contribution < 1.29 is 13.2 Å². The molecule has 128 valence electrons. The van der Waals surface area contributed by atoms with Gasteiger partial charge in [-0.2, -0.15) is 0 Å². The molecular formula is C16H11Cl2N3O3S. The molecule has 1 N–H and O–H groups in total. The quantitative estimate of drug-likeness (QED) is 0.734. The van der Waals surface area contributed by atoms with Gasteiger partial charge in [-0.25, -0.2) is 18.1 Å². The number of imidazole rings is 1. The van der Waals surface area contributed by atoms with E-state index in [2.05, 4.69) is 4.98 Å². The standard InChI is InChI=1S/C16H11Cl2N3O3S/c17-11-6-7-15(13(18)8-11)21-9-14(19-10-21)16(22)20-25(23,24)12-4-2-1-3-5-12/h1-10H,(H,20,22). The molecule has 1 amide bonds. The summed E-state index contributed by atoms with van der Waals surface area (Å²) in [7, 11) is -3.97. The number of nitrogens with zero attached hydrogens (tertiary/aromatic N) is 2. The minimum atomic E-state index is -3.97. The van der Waals surface area contributed by atoms with Crippen molar-refractivity contribution in [3.05, 3.63) is 76.8 Å². The van der Waals surface area contributed by atoms with Gasteiger partial charge in [0.05, 0.1) is 15.6 Å². The van der Waals surface area contributed by atoms with Crippen LogP contribution < -0.4 is 4.72 Å². The van der Waals surface area contributed by atoms with Crippen LogP contribution in [0, 0.1) is 0 Å². The second-order valence-corrected chi connectivity index (χ2v) is 7.54. The van der Waals surface area contributed by atoms with E-state index in [4.69, 9.17) is 23.2 Å². The van der Waals surface area contributed by atoms with Crippen LogP contribution in [-0.4, -0.2) is 23.9 Å². The molecule has 0 spiro atoms. The highest BCUT2D eigenvalue weighted by Gasteiger charge is 2.20. The van der Waals surface area contributed by atoms with Crippen LogP contribution in [0.1, 0.15) is 10.5 Å². The van der Waals surface area contributed by atoms with Gasteiger partial charge in [-0.05, 0) is 30.3 Å². The van der Waals surface area contributed by atoms with Gasteiger partial charge in [0, 0.05) is 11.2 Å². The highest BCUT2D eigenvalue weighted by molar-refractivity contribution is 7.90. The van der Waals surface area contributed by atoms with Crippen molar-refractivity contribution in [3.8, 4) is 5.69 Å². The number of rotatable bonds is 4. The molecule has 0 aliphatic rings. The van der Waals surface area contributed by atoms with Gasteiger partial charge in [-0.3, -0.25) is 4.79 Å². The van der Waals surface area contributed by atoms with Crippen molar-refractivity contribution in [1.29, 1.82) is 0 Å². The minimum absolute atomic E-state index is 0.0106. The predicted octanol–water partition coefficient (Wildman–Crippen LogP) is 3.30. The minimum Gasteiger partial charge on any atom is -0.304 e. The third-order valence-corrected chi connectivity index (χ3v) is 5.17. The average Bonchev–Trinajstić information content (AvgIpc) is 3.05. The number of nitrogens with one attached hydrogen (secondary N) is 1. The van der Waals surface area contributed by atoms with Crippen LogP contribution in [0.5, 0.6) is 0 Å². The molecule has 3 aromatic rings. The lowest BCUT2D eigenvalue weighted by Gasteiger charge is -2.06. The van der Waals surface area contributed by atoms with Gasteiger partial charge >= 0.3 is 0 Å². The maximum absolute atomic E-state index is 12.2. The number of halogens is 2. The van der Waals surface area contributed by atoms with Gasteiger partial charge in [0.1, 0.15) is 12.0 Å². The van der Waals surface area contributed by atoms with Crippen LogP contribution >= 0.6 is 23.2 Å². The molecule has 2 aromatic carbocycles. The Hall–Kier alpha value is -2.35. The van der Waals surface area contributed by atoms with E-state index in [0.29, 0.717) is 15.7 Å². The van der Waals surface area contributed by atoms with E-state index < -0.39 is 15.9 Å². The van der Waals surface area contributed by atoms with Crippen LogP contribution in [0.25, 0.3) is 5.69 Å². The molecule has 0 aliphatic carbocycles. The van der Waals surface area contributed by atoms with Gasteiger partial charge in [-0.15, -0.1) is 0 Å². The lowest BCUT2D eigenvalue weighted by atomic mass is 10.3. The largest absolute Gasteiger partial charge is 0.304 e. The molecule has 0 bridgehead atoms. The Morgan fingerprint density at radius 3 is 2.48 bits per heavy atom. The molecule has 0 aliphatic heterocycles. The fourth-order valence-corrected chi connectivity index (χ4v) is 3.58. The maximum atomic E-state index is 12.2. The molecule has 0 unspecified atom stereocenters. The number of amides is 1. The molecule has 6 nitrogen and oxygen atoms in total. The van der Waals surface area contributed by atoms with E-state index >= 15 is 0 Å². The van der Waals surface area contributed by atoms with Crippen molar-refractivity contribution in [2.24, 2.45) is 0 Å². The third-order valence-electron chi connectivity index (χ3n) is 3.28. The normalized spacial score (nSPS) is 11.3. The second-order valence-electron chi connectivity index (χ2n) is 5.01. The van der Waals surface area contributed by atoms with Crippen molar-refractivity contribution in [1.82, 2.24) is 14.3 Å². The van der Waals surface area contributed by atoms with Crippen molar-refractivity contribution >= 4 is 39.1 Å². The summed E-state index contributed by atoms with van der Waals surface area (Å²) in [6, 6.07) is 12.4. The Kier molecular flexibility index (Phi) is 4.80. The molecule has 9 heteroatoms. The van der Waals surface area contributed by atoms with Crippen molar-refractivity contribution in [2.75, 3.05) is 0 Å². The number of hydrogen-bond acceptors (Lipinski definition) is 4. The molecule has 1 aromatic heterocycles. The molecule has 0 saturated heterocycles. The second kappa shape index (κ2) is 6.87. The number of sulfonamides is 1. The number of hydrogen-bond donors (Lipinski definition) is 1. The Morgan fingerprint density at radius 2 is 1.80 bits per heavy atom. The van der Waals surface area contributed by atoms with Gasteiger partial charge in [0.25, 0.3) is 15.9 Å². The fourth-order valence-electron chi connectivity index (χ4n) is 2.10. The SMILES string of the molecule is O=C(NS(=O)(=O)c1ccccc1)c1cn(-c2ccc(Cl)cc2Cl)cn1. The molecule has 0 atom stereocenters. The van der Waals surface area contributed by atoms with Gasteiger partial charge in [-0.1, -0.05) is 41.4 Å². The molecule has 3 rings (SSSR count). The van der Waals surface area contributed by atoms with Crippen LogP contribution in [-0.2, 0) is 10.0 Å². The average molecular weight is 396 g/mol. The van der Waals surface area contributed by atoms with E-state index in [0.717, 1.165) is 0 Å². The van der Waals surface area contributed by atoms with E-state index in [9.17, 15) is 13.2 Å². The summed E-state index contributed by atoms with van der Waals surface area (Å²) in [5.41, 5.74) is 0.494. The molecule has 1 heterocycles. The summed E-state index contributed by atoms with van der Waals surface area (Å²) >= 11 is 12.0. The summed E-state index contributed by atoms with van der Waals surface area (Å²) < 4.78 is 27.8. The first-order valence-electron chi connectivity index (χ1n) is 6.98. The number of aromatic nitrogens is 2. The molecular weight excluding hydrogens is 385 g/mol. The summed E-state index contributed by atoms with van der Waals surface area (Å²) in [5, 5.41) is 0.842. The Bertz CT molecular complexity index is 1030. The van der Waals surface area contributed by atoms with Crippen LogP contribution in [0.15, 0.2) is 66.0 Å². The van der Waals surface area contributed by atoms with Crippen LogP contribution in [0.2, 0.25) is 10.0 Å². The number of carbonyl (C=O) groups excluding carboxylic acids is 1. The monoisotopic (exact) mass is 395 g/mol. The summed E-state index contributed by atoms with van der Waals surface area (Å²) in [4.78, 5) is 16.1. The van der Waals surface area contributed by atoms with E-state index in [1.54, 1.807) is 36.4 Å². The lowest BCUT2D eigenvalue weighted by Crippen LogP contribution is -2.30. The highest BCUT2D eigenvalue weighted by atomic mass is 35.5. The summed E-state index contributed by atoms with van der Waals surface area (Å²) in [5.74, 6) is -0.840. The molecule has 25 heavy (non-hydrogen) atoms. The van der Waals surface area contributed by atoms with Crippen LogP contribution in [0.3, 0.4) is 0 Å². The Labute approximate surface area is 154 Å². The van der Waals surface area contributed by atoms with E-state index in [1.165, 1.54) is 29.2 Å². The number of carbonyl (C=O) groups is 1. The zero-order chi connectivity index (χ0) is 18.0. The zero-order valence-corrected chi connectivity index (χ0v) is 14.9. The third kappa shape index (κ3) is 3.84. The lowest BCUT2D eigenvalue weighted by molar-refractivity contribution is 0.0977. The maximum Gasteiger partial charge on any atom is 0.285 e. The first-order chi connectivity index (χ1) is 11.9. The summed E-state index contributed by atoms with van der Waals surface area (Å²) in [6.07, 6.45) is 2.74. The Morgan fingerprint density at radius 1 is 1.08 bits per heavy atom. The summed E-state index contributed by atoms with van der Waals surface area (Å²) in [6.45, 7) is 0. The van der Waals surface area contributed by atoms with E-state index in [-0.39, 0.29) is 10.6 Å². The topological polar surface area (TPSA) is 81.1 Å². The first-order valence-corrected chi connectivity index (χ1v) is 9.22. The first kappa shape index (κ1) is 17.5. The molecule has 0 fully saturated rings. The van der Waals surface area contributed by atoms with Crippen LogP contribution in [0.4, 0.5) is 0 Å². The van der Waals surface area contributed by atoms with Gasteiger partial charge in [0.15, 0.2) is 0 Å². The predicted molar refractivity (Wildman–Crippen MR) is 94.7 cm³/mol. The number of benzene rings is 2. The highest BCUT2D eigenvalue weighted by Crippen LogP contribution is 2.24. The Balaban J connectivity index is 1.84. The fraction of sp³-hybridized carbons (Fsp3) is 0. The molecule has 0 radical (unpaired) electrons. The molecule has 0 saturated carbocycles. The zero-order valence-electron chi connectivity index (χ0n) is 12.6. The van der Waals surface area contributed by atoms with E-state index in [1.807, 2.05) is 4.72 Å². The van der Waals surface area contributed by atoms with Gasteiger partial charge < -0.3 is 4.57 Å². The van der Waals surface area contributed by atoms with Gasteiger partial charge in [0.2, 0.25) is 0 Å². The smallest absolute Gasteiger partial charge is 0.285 e. The van der Waals surface area contributed by atoms with Crippen molar-refractivity contribution in [2.45, 2.75) is 4.90 Å². The van der Waals surface area contributed by atoms with Crippen molar-refractivity contribution in [3.63, 3.8) is 0 Å².